The Balaban J connectivity index is 1.43. The van der Waals surface area contributed by atoms with Crippen molar-refractivity contribution in [1.29, 1.82) is 0 Å². The number of ether oxygens (including phenoxy) is 2. The van der Waals surface area contributed by atoms with E-state index < -0.39 is 0 Å². The summed E-state index contributed by atoms with van der Waals surface area (Å²) in [5.41, 5.74) is 3.34. The lowest BCUT2D eigenvalue weighted by Crippen LogP contribution is -2.46. The standard InChI is InChI=1S/C22H27N5O2/c1-17-21(22(25(2)24-17)29-20-8-5-9-23-15-20)16-26-10-12-27(13-11-26)18-6-4-7-19(14-18)28-3/h4-9,14-15H,10-13,16H2,1-3H3. The van der Waals surface area contributed by atoms with E-state index in [-0.39, 0.29) is 0 Å². The van der Waals surface area contributed by atoms with Crippen LogP contribution < -0.4 is 14.4 Å². The van der Waals surface area contributed by atoms with Crippen LogP contribution >= 0.6 is 0 Å². The van der Waals surface area contributed by atoms with Gasteiger partial charge in [-0.25, -0.2) is 4.68 Å². The molecule has 1 fully saturated rings. The molecule has 1 aliphatic rings. The molecule has 0 radical (unpaired) electrons. The molecular weight excluding hydrogens is 366 g/mol. The number of methoxy groups -OCH3 is 1. The summed E-state index contributed by atoms with van der Waals surface area (Å²) in [4.78, 5) is 8.99. The molecule has 3 heterocycles. The molecular formula is C22H27N5O2. The first-order chi connectivity index (χ1) is 14.1. The van der Waals surface area contributed by atoms with Crippen molar-refractivity contribution in [2.75, 3.05) is 38.2 Å². The summed E-state index contributed by atoms with van der Waals surface area (Å²) in [6.07, 6.45) is 3.46. The summed E-state index contributed by atoms with van der Waals surface area (Å²) < 4.78 is 13.3. The van der Waals surface area contributed by atoms with Crippen LogP contribution in [0.1, 0.15) is 11.3 Å². The van der Waals surface area contributed by atoms with Crippen molar-refractivity contribution in [2.45, 2.75) is 13.5 Å². The van der Waals surface area contributed by atoms with Crippen LogP contribution in [0.25, 0.3) is 0 Å². The van der Waals surface area contributed by atoms with Crippen molar-refractivity contribution in [1.82, 2.24) is 19.7 Å². The van der Waals surface area contributed by atoms with E-state index >= 15 is 0 Å². The molecule has 152 valence electrons. The highest BCUT2D eigenvalue weighted by atomic mass is 16.5. The third-order valence-corrected chi connectivity index (χ3v) is 5.31. The van der Waals surface area contributed by atoms with Crippen molar-refractivity contribution >= 4 is 5.69 Å². The number of piperazine rings is 1. The van der Waals surface area contributed by atoms with E-state index in [1.54, 1.807) is 19.5 Å². The Bertz CT molecular complexity index is 949. The summed E-state index contributed by atoms with van der Waals surface area (Å²) in [5, 5.41) is 4.57. The van der Waals surface area contributed by atoms with Crippen molar-refractivity contribution in [3.8, 4) is 17.4 Å². The largest absolute Gasteiger partial charge is 0.497 e. The second kappa shape index (κ2) is 8.53. The number of anilines is 1. The van der Waals surface area contributed by atoms with Gasteiger partial charge in [0.05, 0.1) is 24.6 Å². The monoisotopic (exact) mass is 393 g/mol. The third-order valence-electron chi connectivity index (χ3n) is 5.31. The SMILES string of the molecule is COc1cccc(N2CCN(Cc3c(C)nn(C)c3Oc3cccnc3)CC2)c1. The Morgan fingerprint density at radius 2 is 1.83 bits per heavy atom. The fraction of sp³-hybridized carbons (Fsp3) is 0.364. The number of aryl methyl sites for hydroxylation is 2. The first-order valence-electron chi connectivity index (χ1n) is 9.86. The summed E-state index contributed by atoms with van der Waals surface area (Å²) >= 11 is 0. The van der Waals surface area contributed by atoms with Gasteiger partial charge in [-0.2, -0.15) is 5.10 Å². The van der Waals surface area contributed by atoms with E-state index in [1.807, 2.05) is 42.9 Å². The van der Waals surface area contributed by atoms with E-state index in [9.17, 15) is 0 Å². The molecule has 0 saturated carbocycles. The molecule has 4 rings (SSSR count). The Labute approximate surface area is 171 Å². The molecule has 7 heteroatoms. The van der Waals surface area contributed by atoms with Crippen LogP contribution in [0, 0.1) is 6.92 Å². The summed E-state index contributed by atoms with van der Waals surface area (Å²) in [5.74, 6) is 2.40. The molecule has 2 aromatic heterocycles. The van der Waals surface area contributed by atoms with Crippen LogP contribution in [0.3, 0.4) is 0 Å². The summed E-state index contributed by atoms with van der Waals surface area (Å²) in [6, 6.07) is 12.0. The Morgan fingerprint density at radius 1 is 1.03 bits per heavy atom. The summed E-state index contributed by atoms with van der Waals surface area (Å²) in [6.45, 7) is 6.78. The van der Waals surface area contributed by atoms with Gasteiger partial charge >= 0.3 is 0 Å². The van der Waals surface area contributed by atoms with Crippen molar-refractivity contribution in [3.63, 3.8) is 0 Å². The van der Waals surface area contributed by atoms with Crippen LogP contribution in [-0.4, -0.2) is 53.0 Å². The van der Waals surface area contributed by atoms with E-state index in [0.29, 0.717) is 0 Å². The van der Waals surface area contributed by atoms with Gasteiger partial charge in [-0.05, 0) is 31.2 Å². The zero-order chi connectivity index (χ0) is 20.2. The second-order valence-electron chi connectivity index (χ2n) is 7.25. The van der Waals surface area contributed by atoms with Gasteiger partial charge in [-0.15, -0.1) is 0 Å². The molecule has 0 aliphatic carbocycles. The van der Waals surface area contributed by atoms with Crippen LogP contribution in [-0.2, 0) is 13.6 Å². The molecule has 1 aromatic carbocycles. The van der Waals surface area contributed by atoms with Gasteiger partial charge in [0, 0.05) is 57.7 Å². The first-order valence-corrected chi connectivity index (χ1v) is 9.86. The average molecular weight is 393 g/mol. The van der Waals surface area contributed by atoms with Gasteiger partial charge in [0.15, 0.2) is 0 Å². The predicted octanol–water partition coefficient (Wildman–Crippen LogP) is 3.25. The Kier molecular flexibility index (Phi) is 5.67. The minimum absolute atomic E-state index is 0.722. The van der Waals surface area contributed by atoms with Gasteiger partial charge in [0.1, 0.15) is 11.5 Å². The molecule has 3 aromatic rings. The van der Waals surface area contributed by atoms with Gasteiger partial charge in [0.2, 0.25) is 5.88 Å². The molecule has 0 unspecified atom stereocenters. The van der Waals surface area contributed by atoms with E-state index in [1.165, 1.54) is 5.69 Å². The molecule has 29 heavy (non-hydrogen) atoms. The zero-order valence-corrected chi connectivity index (χ0v) is 17.2. The lowest BCUT2D eigenvalue weighted by Gasteiger charge is -2.36. The smallest absolute Gasteiger partial charge is 0.222 e. The minimum Gasteiger partial charge on any atom is -0.497 e. The van der Waals surface area contributed by atoms with Crippen LogP contribution in [0.15, 0.2) is 48.8 Å². The van der Waals surface area contributed by atoms with Gasteiger partial charge in [-0.3, -0.25) is 9.88 Å². The molecule has 0 bridgehead atoms. The van der Waals surface area contributed by atoms with Crippen molar-refractivity contribution < 1.29 is 9.47 Å². The fourth-order valence-corrected chi connectivity index (χ4v) is 3.70. The number of nitrogens with zero attached hydrogens (tertiary/aromatic N) is 5. The lowest BCUT2D eigenvalue weighted by molar-refractivity contribution is 0.246. The van der Waals surface area contributed by atoms with E-state index in [4.69, 9.17) is 9.47 Å². The van der Waals surface area contributed by atoms with Gasteiger partial charge in [0.25, 0.3) is 0 Å². The Morgan fingerprint density at radius 3 is 2.55 bits per heavy atom. The minimum atomic E-state index is 0.722. The molecule has 7 nitrogen and oxygen atoms in total. The highest BCUT2D eigenvalue weighted by Crippen LogP contribution is 2.29. The quantitative estimate of drug-likeness (QED) is 0.641. The van der Waals surface area contributed by atoms with Gasteiger partial charge < -0.3 is 14.4 Å². The predicted molar refractivity (Wildman–Crippen MR) is 113 cm³/mol. The maximum Gasteiger partial charge on any atom is 0.222 e. The molecule has 0 N–H and O–H groups in total. The fourth-order valence-electron chi connectivity index (χ4n) is 3.70. The molecule has 0 amide bonds. The number of pyridine rings is 1. The second-order valence-corrected chi connectivity index (χ2v) is 7.25. The zero-order valence-electron chi connectivity index (χ0n) is 17.2. The van der Waals surface area contributed by atoms with E-state index in [0.717, 1.165) is 61.4 Å². The van der Waals surface area contributed by atoms with Crippen molar-refractivity contribution in [3.05, 3.63) is 60.0 Å². The topological polar surface area (TPSA) is 55.7 Å². The maximum absolute atomic E-state index is 6.11. The number of benzene rings is 1. The normalized spacial score (nSPS) is 14.8. The van der Waals surface area contributed by atoms with Crippen LogP contribution in [0.4, 0.5) is 5.69 Å². The molecule has 1 saturated heterocycles. The van der Waals surface area contributed by atoms with Crippen LogP contribution in [0.5, 0.6) is 17.4 Å². The summed E-state index contributed by atoms with van der Waals surface area (Å²) in [7, 11) is 3.63. The van der Waals surface area contributed by atoms with Crippen LogP contribution in [0.2, 0.25) is 0 Å². The number of hydrogen-bond donors (Lipinski definition) is 0. The lowest BCUT2D eigenvalue weighted by atomic mass is 10.2. The Hall–Kier alpha value is -3.06. The van der Waals surface area contributed by atoms with Crippen molar-refractivity contribution in [2.24, 2.45) is 7.05 Å². The number of rotatable bonds is 6. The highest BCUT2D eigenvalue weighted by molar-refractivity contribution is 5.51. The molecule has 1 aliphatic heterocycles. The highest BCUT2D eigenvalue weighted by Gasteiger charge is 2.22. The van der Waals surface area contributed by atoms with E-state index in [2.05, 4.69) is 32.0 Å². The third kappa shape index (κ3) is 4.35. The molecule has 0 spiro atoms. The number of aromatic nitrogens is 3. The number of hydrogen-bond acceptors (Lipinski definition) is 6. The average Bonchev–Trinajstić information content (AvgIpc) is 3.02. The van der Waals surface area contributed by atoms with Gasteiger partial charge in [-0.1, -0.05) is 6.07 Å². The maximum atomic E-state index is 6.11. The molecule has 0 atom stereocenters. The first kappa shape index (κ1) is 19.3.